The van der Waals surface area contributed by atoms with Crippen LogP contribution in [0.15, 0.2) is 10.5 Å². The summed E-state index contributed by atoms with van der Waals surface area (Å²) in [6.45, 7) is 3.62. The van der Waals surface area contributed by atoms with Gasteiger partial charge in [-0.05, 0) is 13.0 Å². The molecule has 0 unspecified atom stereocenters. The van der Waals surface area contributed by atoms with Gasteiger partial charge in [0, 0.05) is 13.5 Å². The van der Waals surface area contributed by atoms with Crippen LogP contribution < -0.4 is 5.32 Å². The summed E-state index contributed by atoms with van der Waals surface area (Å²) in [4.78, 5) is 11.1. The van der Waals surface area contributed by atoms with E-state index in [4.69, 9.17) is 4.42 Å². The van der Waals surface area contributed by atoms with Gasteiger partial charge in [-0.2, -0.15) is 5.10 Å². The molecular weight excluding hydrogens is 222 g/mol. The molecule has 0 bridgehead atoms. The lowest BCUT2D eigenvalue weighted by Crippen LogP contribution is -2.09. The standard InChI is InChI=1S/C10H13N5O2/c1-4-8(16)11-10-13-12-9(17-10)7-5-6(2)14-15(7)3/h5H,4H2,1-3H3,(H,11,13,16). The molecular formula is C10H13N5O2. The lowest BCUT2D eigenvalue weighted by molar-refractivity contribution is -0.116. The number of nitrogens with one attached hydrogen (secondary N) is 1. The molecule has 0 aliphatic heterocycles. The second kappa shape index (κ2) is 4.36. The molecule has 7 heteroatoms. The van der Waals surface area contributed by atoms with Crippen molar-refractivity contribution in [1.82, 2.24) is 20.0 Å². The molecule has 2 aromatic rings. The van der Waals surface area contributed by atoms with E-state index in [1.807, 2.05) is 13.0 Å². The van der Waals surface area contributed by atoms with Gasteiger partial charge in [0.1, 0.15) is 5.69 Å². The lowest BCUT2D eigenvalue weighted by Gasteiger charge is -1.95. The summed E-state index contributed by atoms with van der Waals surface area (Å²) < 4.78 is 6.97. The minimum atomic E-state index is -0.165. The number of hydrogen-bond acceptors (Lipinski definition) is 5. The molecule has 1 amide bonds. The molecule has 17 heavy (non-hydrogen) atoms. The zero-order chi connectivity index (χ0) is 12.4. The van der Waals surface area contributed by atoms with Gasteiger partial charge in [0.25, 0.3) is 5.89 Å². The SMILES string of the molecule is CCC(=O)Nc1nnc(-c2cc(C)nn2C)o1. The number of carbonyl (C=O) groups is 1. The van der Waals surface area contributed by atoms with Crippen LogP contribution in [0, 0.1) is 6.92 Å². The Morgan fingerprint density at radius 3 is 2.88 bits per heavy atom. The van der Waals surface area contributed by atoms with Gasteiger partial charge in [0.05, 0.1) is 5.69 Å². The summed E-state index contributed by atoms with van der Waals surface area (Å²) in [7, 11) is 1.79. The number of amides is 1. The zero-order valence-electron chi connectivity index (χ0n) is 9.89. The predicted octanol–water partition coefficient (Wildman–Crippen LogP) is 1.13. The number of carbonyl (C=O) groups excluding carboxylic acids is 1. The van der Waals surface area contributed by atoms with Crippen molar-refractivity contribution in [2.45, 2.75) is 20.3 Å². The maximum Gasteiger partial charge on any atom is 0.322 e. The molecule has 0 atom stereocenters. The van der Waals surface area contributed by atoms with Crippen LogP contribution in [-0.2, 0) is 11.8 Å². The van der Waals surface area contributed by atoms with Crippen LogP contribution in [0.25, 0.3) is 11.6 Å². The van der Waals surface area contributed by atoms with Gasteiger partial charge in [-0.15, -0.1) is 5.10 Å². The van der Waals surface area contributed by atoms with E-state index in [1.54, 1.807) is 18.7 Å². The van der Waals surface area contributed by atoms with E-state index >= 15 is 0 Å². The van der Waals surface area contributed by atoms with E-state index < -0.39 is 0 Å². The van der Waals surface area contributed by atoms with E-state index in [-0.39, 0.29) is 11.9 Å². The quantitative estimate of drug-likeness (QED) is 0.861. The number of aryl methyl sites for hydroxylation is 2. The minimum Gasteiger partial charge on any atom is -0.401 e. The van der Waals surface area contributed by atoms with E-state index in [2.05, 4.69) is 20.6 Å². The molecule has 0 aromatic carbocycles. The van der Waals surface area contributed by atoms with Crippen molar-refractivity contribution in [3.8, 4) is 11.6 Å². The van der Waals surface area contributed by atoms with Crippen molar-refractivity contribution in [3.63, 3.8) is 0 Å². The van der Waals surface area contributed by atoms with E-state index in [0.717, 1.165) is 5.69 Å². The van der Waals surface area contributed by atoms with Crippen LogP contribution in [0.1, 0.15) is 19.0 Å². The third kappa shape index (κ3) is 2.32. The highest BCUT2D eigenvalue weighted by molar-refractivity contribution is 5.88. The first-order valence-corrected chi connectivity index (χ1v) is 5.24. The molecule has 0 saturated carbocycles. The first kappa shape index (κ1) is 11.3. The normalized spacial score (nSPS) is 10.5. The Labute approximate surface area is 97.8 Å². The van der Waals surface area contributed by atoms with E-state index in [9.17, 15) is 4.79 Å². The Morgan fingerprint density at radius 1 is 1.53 bits per heavy atom. The van der Waals surface area contributed by atoms with E-state index in [1.165, 1.54) is 0 Å². The van der Waals surface area contributed by atoms with Gasteiger partial charge in [0.2, 0.25) is 5.91 Å². The van der Waals surface area contributed by atoms with Crippen LogP contribution in [0.5, 0.6) is 0 Å². The summed E-state index contributed by atoms with van der Waals surface area (Å²) >= 11 is 0. The molecule has 7 nitrogen and oxygen atoms in total. The average Bonchev–Trinajstić information content (AvgIpc) is 2.85. The third-order valence-corrected chi connectivity index (χ3v) is 2.21. The summed E-state index contributed by atoms with van der Waals surface area (Å²) in [5, 5.41) is 14.3. The second-order valence-corrected chi connectivity index (χ2v) is 3.61. The fourth-order valence-electron chi connectivity index (χ4n) is 1.40. The Hall–Kier alpha value is -2.18. The van der Waals surface area contributed by atoms with Gasteiger partial charge in [0.15, 0.2) is 0 Å². The van der Waals surface area contributed by atoms with Gasteiger partial charge in [-0.3, -0.25) is 14.8 Å². The molecule has 2 heterocycles. The summed E-state index contributed by atoms with van der Waals surface area (Å²) in [5.74, 6) is 0.167. The fraction of sp³-hybridized carbons (Fsp3) is 0.400. The Bertz CT molecular complexity index is 543. The van der Waals surface area contributed by atoms with Crippen molar-refractivity contribution in [3.05, 3.63) is 11.8 Å². The van der Waals surface area contributed by atoms with Crippen LogP contribution in [0.4, 0.5) is 6.01 Å². The molecule has 0 radical (unpaired) electrons. The molecule has 90 valence electrons. The van der Waals surface area contributed by atoms with Crippen LogP contribution in [-0.4, -0.2) is 25.9 Å². The Balaban J connectivity index is 2.24. The molecule has 2 rings (SSSR count). The molecule has 0 aliphatic rings. The van der Waals surface area contributed by atoms with Crippen molar-refractivity contribution < 1.29 is 9.21 Å². The monoisotopic (exact) mass is 235 g/mol. The van der Waals surface area contributed by atoms with Crippen molar-refractivity contribution in [1.29, 1.82) is 0 Å². The molecule has 0 fully saturated rings. The van der Waals surface area contributed by atoms with E-state index in [0.29, 0.717) is 18.0 Å². The van der Waals surface area contributed by atoms with Gasteiger partial charge in [-0.1, -0.05) is 12.0 Å². The molecule has 1 N–H and O–H groups in total. The zero-order valence-corrected chi connectivity index (χ0v) is 9.89. The third-order valence-electron chi connectivity index (χ3n) is 2.21. The van der Waals surface area contributed by atoms with Gasteiger partial charge < -0.3 is 4.42 Å². The maximum absolute atomic E-state index is 11.1. The topological polar surface area (TPSA) is 85.8 Å². The summed E-state index contributed by atoms with van der Waals surface area (Å²) in [6, 6.07) is 1.93. The van der Waals surface area contributed by atoms with Gasteiger partial charge in [-0.25, -0.2) is 0 Å². The summed E-state index contributed by atoms with van der Waals surface area (Å²) in [5.41, 5.74) is 1.58. The molecule has 2 aromatic heterocycles. The lowest BCUT2D eigenvalue weighted by atomic mass is 10.4. The number of anilines is 1. The van der Waals surface area contributed by atoms with Crippen molar-refractivity contribution >= 4 is 11.9 Å². The minimum absolute atomic E-state index is 0.103. The smallest absolute Gasteiger partial charge is 0.322 e. The van der Waals surface area contributed by atoms with Crippen molar-refractivity contribution in [2.24, 2.45) is 7.05 Å². The van der Waals surface area contributed by atoms with Crippen molar-refractivity contribution in [2.75, 3.05) is 5.32 Å². The summed E-state index contributed by atoms with van der Waals surface area (Å²) in [6.07, 6.45) is 0.364. The van der Waals surface area contributed by atoms with Crippen LogP contribution in [0.2, 0.25) is 0 Å². The van der Waals surface area contributed by atoms with Crippen LogP contribution in [0.3, 0.4) is 0 Å². The fourth-order valence-corrected chi connectivity index (χ4v) is 1.40. The highest BCUT2D eigenvalue weighted by Gasteiger charge is 2.14. The maximum atomic E-state index is 11.1. The largest absolute Gasteiger partial charge is 0.401 e. The highest BCUT2D eigenvalue weighted by atomic mass is 16.4. The number of hydrogen-bond donors (Lipinski definition) is 1. The Kier molecular flexibility index (Phi) is 2.90. The first-order chi connectivity index (χ1) is 8.10. The number of rotatable bonds is 3. The Morgan fingerprint density at radius 2 is 2.29 bits per heavy atom. The molecule has 0 aliphatic carbocycles. The number of aromatic nitrogens is 4. The average molecular weight is 235 g/mol. The highest BCUT2D eigenvalue weighted by Crippen LogP contribution is 2.19. The second-order valence-electron chi connectivity index (χ2n) is 3.61. The molecule has 0 saturated heterocycles. The van der Waals surface area contributed by atoms with Crippen LogP contribution >= 0.6 is 0 Å². The number of nitrogens with zero attached hydrogens (tertiary/aromatic N) is 4. The van der Waals surface area contributed by atoms with Gasteiger partial charge >= 0.3 is 6.01 Å². The predicted molar refractivity (Wildman–Crippen MR) is 60.2 cm³/mol. The first-order valence-electron chi connectivity index (χ1n) is 5.24. The molecule has 0 spiro atoms.